The fourth-order valence-electron chi connectivity index (χ4n) is 3.78. The van der Waals surface area contributed by atoms with Crippen molar-refractivity contribution in [1.82, 2.24) is 20.3 Å². The van der Waals surface area contributed by atoms with E-state index in [1.807, 2.05) is 37.3 Å². The molecule has 7 nitrogen and oxygen atoms in total. The summed E-state index contributed by atoms with van der Waals surface area (Å²) in [4.78, 5) is 4.39. The maximum Gasteiger partial charge on any atom is 0.257 e. The Hall–Kier alpha value is -3.22. The number of aromatic nitrogens is 4. The van der Waals surface area contributed by atoms with Crippen LogP contribution >= 0.6 is 0 Å². The van der Waals surface area contributed by atoms with Gasteiger partial charge in [0, 0.05) is 17.7 Å². The van der Waals surface area contributed by atoms with Crippen molar-refractivity contribution >= 4 is 11.1 Å². The first-order valence-corrected chi connectivity index (χ1v) is 9.64. The van der Waals surface area contributed by atoms with E-state index in [9.17, 15) is 0 Å². The van der Waals surface area contributed by atoms with Gasteiger partial charge in [-0.1, -0.05) is 18.0 Å². The van der Waals surface area contributed by atoms with E-state index < -0.39 is 0 Å². The highest BCUT2D eigenvalue weighted by molar-refractivity contribution is 5.80. The molecule has 1 fully saturated rings. The molecule has 0 atom stereocenters. The van der Waals surface area contributed by atoms with Crippen LogP contribution in [0.3, 0.4) is 0 Å². The molecule has 3 heterocycles. The third-order valence-electron chi connectivity index (χ3n) is 5.18. The monoisotopic (exact) mass is 376 g/mol. The molecular weight excluding hydrogens is 356 g/mol. The standard InChI is InChI=1S/C21H20N4O3/c1-2-26-16-9-7-14(8-10-16)19-23-24-20(27-19)15-11-17-18(13-5-3-4-6-13)25-28-21(17)22-12-15/h7-13H,2-6H2,1H3. The third kappa shape index (κ3) is 3.02. The van der Waals surface area contributed by atoms with Crippen molar-refractivity contribution in [3.05, 3.63) is 42.2 Å². The highest BCUT2D eigenvalue weighted by Gasteiger charge is 2.24. The molecule has 0 aliphatic heterocycles. The van der Waals surface area contributed by atoms with Crippen LogP contribution < -0.4 is 4.74 Å². The summed E-state index contributed by atoms with van der Waals surface area (Å²) in [6.45, 7) is 2.59. The minimum atomic E-state index is 0.428. The molecule has 1 saturated carbocycles. The molecule has 0 N–H and O–H groups in total. The summed E-state index contributed by atoms with van der Waals surface area (Å²) >= 11 is 0. The molecule has 1 aromatic carbocycles. The van der Waals surface area contributed by atoms with E-state index in [4.69, 9.17) is 13.7 Å². The first-order valence-electron chi connectivity index (χ1n) is 9.64. The first-order chi connectivity index (χ1) is 13.8. The van der Waals surface area contributed by atoms with Crippen molar-refractivity contribution in [3.8, 4) is 28.7 Å². The predicted octanol–water partition coefficient (Wildman–Crippen LogP) is 5.00. The van der Waals surface area contributed by atoms with E-state index in [2.05, 4.69) is 20.3 Å². The van der Waals surface area contributed by atoms with Crippen molar-refractivity contribution in [3.63, 3.8) is 0 Å². The molecule has 142 valence electrons. The zero-order chi connectivity index (χ0) is 18.9. The minimum Gasteiger partial charge on any atom is -0.494 e. The van der Waals surface area contributed by atoms with Gasteiger partial charge < -0.3 is 13.7 Å². The lowest BCUT2D eigenvalue weighted by atomic mass is 10.0. The molecule has 0 unspecified atom stereocenters. The fourth-order valence-corrected chi connectivity index (χ4v) is 3.78. The van der Waals surface area contributed by atoms with Gasteiger partial charge in [0.15, 0.2) is 0 Å². The molecule has 7 heteroatoms. The smallest absolute Gasteiger partial charge is 0.257 e. The molecule has 28 heavy (non-hydrogen) atoms. The first kappa shape index (κ1) is 16.9. The largest absolute Gasteiger partial charge is 0.494 e. The van der Waals surface area contributed by atoms with Crippen molar-refractivity contribution in [2.45, 2.75) is 38.5 Å². The molecular formula is C21H20N4O3. The molecule has 1 aliphatic rings. The van der Waals surface area contributed by atoms with Gasteiger partial charge >= 0.3 is 0 Å². The van der Waals surface area contributed by atoms with E-state index in [0.29, 0.717) is 30.0 Å². The number of fused-ring (bicyclic) bond motifs is 1. The van der Waals surface area contributed by atoms with Crippen LogP contribution in [0.5, 0.6) is 5.75 Å². The molecule has 0 amide bonds. The van der Waals surface area contributed by atoms with Crippen LogP contribution in [-0.4, -0.2) is 26.9 Å². The highest BCUT2D eigenvalue weighted by atomic mass is 16.5. The van der Waals surface area contributed by atoms with Crippen molar-refractivity contribution < 1.29 is 13.7 Å². The van der Waals surface area contributed by atoms with Gasteiger partial charge in [0.05, 0.1) is 23.3 Å². The summed E-state index contributed by atoms with van der Waals surface area (Å²) in [7, 11) is 0. The van der Waals surface area contributed by atoms with Gasteiger partial charge in [-0.2, -0.15) is 0 Å². The van der Waals surface area contributed by atoms with E-state index in [1.165, 1.54) is 12.8 Å². The summed E-state index contributed by atoms with van der Waals surface area (Å²) in [5.41, 5.74) is 3.15. The predicted molar refractivity (Wildman–Crippen MR) is 103 cm³/mol. The van der Waals surface area contributed by atoms with E-state index in [0.717, 1.165) is 40.8 Å². The highest BCUT2D eigenvalue weighted by Crippen LogP contribution is 2.37. The van der Waals surface area contributed by atoms with Crippen molar-refractivity contribution in [1.29, 1.82) is 0 Å². The summed E-state index contributed by atoms with van der Waals surface area (Å²) in [5.74, 6) is 2.14. The Morgan fingerprint density at radius 1 is 1.04 bits per heavy atom. The number of nitrogens with zero attached hydrogens (tertiary/aromatic N) is 4. The van der Waals surface area contributed by atoms with E-state index >= 15 is 0 Å². The topological polar surface area (TPSA) is 87.1 Å². The van der Waals surface area contributed by atoms with Crippen molar-refractivity contribution in [2.75, 3.05) is 6.61 Å². The van der Waals surface area contributed by atoms with Crippen LogP contribution in [0.15, 0.2) is 45.5 Å². The van der Waals surface area contributed by atoms with Gasteiger partial charge in [-0.3, -0.25) is 0 Å². The third-order valence-corrected chi connectivity index (χ3v) is 5.18. The molecule has 0 radical (unpaired) electrons. The Morgan fingerprint density at radius 3 is 2.54 bits per heavy atom. The lowest BCUT2D eigenvalue weighted by molar-refractivity contribution is 0.340. The summed E-state index contributed by atoms with van der Waals surface area (Å²) in [6, 6.07) is 9.58. The number of ether oxygens (including phenoxy) is 1. The lowest BCUT2D eigenvalue weighted by Crippen LogP contribution is -1.93. The normalized spacial score (nSPS) is 14.8. The zero-order valence-electron chi connectivity index (χ0n) is 15.6. The molecule has 3 aromatic heterocycles. The Bertz CT molecular complexity index is 1090. The van der Waals surface area contributed by atoms with Gasteiger partial charge in [0.2, 0.25) is 11.8 Å². The molecule has 5 rings (SSSR count). The average Bonchev–Trinajstić information content (AvgIpc) is 3.48. The molecule has 0 saturated heterocycles. The number of rotatable bonds is 5. The van der Waals surface area contributed by atoms with Crippen LogP contribution in [0, 0.1) is 0 Å². The van der Waals surface area contributed by atoms with Crippen LogP contribution in [0.1, 0.15) is 44.2 Å². The SMILES string of the molecule is CCOc1ccc(-c2nnc(-c3cnc4onc(C5CCCC5)c4c3)o2)cc1. The van der Waals surface area contributed by atoms with Gasteiger partial charge in [0.1, 0.15) is 5.75 Å². The summed E-state index contributed by atoms with van der Waals surface area (Å²) in [6.07, 6.45) is 6.45. The Kier molecular flexibility index (Phi) is 4.27. The van der Waals surface area contributed by atoms with Crippen LogP contribution in [0.2, 0.25) is 0 Å². The number of benzene rings is 1. The van der Waals surface area contributed by atoms with Gasteiger partial charge in [-0.25, -0.2) is 4.98 Å². The van der Waals surface area contributed by atoms with Crippen LogP contribution in [0.25, 0.3) is 34.0 Å². The minimum absolute atomic E-state index is 0.428. The van der Waals surface area contributed by atoms with E-state index in [1.54, 1.807) is 6.20 Å². The number of pyridine rings is 1. The molecule has 0 bridgehead atoms. The second-order valence-electron chi connectivity index (χ2n) is 7.00. The Balaban J connectivity index is 1.46. The lowest BCUT2D eigenvalue weighted by Gasteiger charge is -2.04. The molecule has 4 aromatic rings. The number of hydrogen-bond donors (Lipinski definition) is 0. The van der Waals surface area contributed by atoms with Gasteiger partial charge in [0.25, 0.3) is 5.71 Å². The Labute approximate surface area is 161 Å². The fraction of sp³-hybridized carbons (Fsp3) is 0.333. The maximum absolute atomic E-state index is 5.89. The van der Waals surface area contributed by atoms with Crippen LogP contribution in [0.4, 0.5) is 0 Å². The summed E-state index contributed by atoms with van der Waals surface area (Å²) < 4.78 is 16.8. The Morgan fingerprint density at radius 2 is 1.79 bits per heavy atom. The average molecular weight is 376 g/mol. The van der Waals surface area contributed by atoms with Gasteiger partial charge in [-0.15, -0.1) is 10.2 Å². The van der Waals surface area contributed by atoms with E-state index in [-0.39, 0.29) is 0 Å². The second-order valence-corrected chi connectivity index (χ2v) is 7.00. The van der Waals surface area contributed by atoms with Crippen molar-refractivity contribution in [2.24, 2.45) is 0 Å². The zero-order valence-corrected chi connectivity index (χ0v) is 15.6. The molecule has 1 aliphatic carbocycles. The molecule has 0 spiro atoms. The second kappa shape index (κ2) is 7.07. The summed E-state index contributed by atoms with van der Waals surface area (Å²) in [5, 5.41) is 13.6. The maximum atomic E-state index is 5.89. The van der Waals surface area contributed by atoms with Crippen LogP contribution in [-0.2, 0) is 0 Å². The number of hydrogen-bond acceptors (Lipinski definition) is 7. The van der Waals surface area contributed by atoms with Gasteiger partial charge in [-0.05, 0) is 50.1 Å². The quantitative estimate of drug-likeness (QED) is 0.484.